The highest BCUT2D eigenvalue weighted by Crippen LogP contribution is 2.36. The maximum atomic E-state index is 12.9. The minimum atomic E-state index is -4.87. The van der Waals surface area contributed by atoms with E-state index in [1.165, 1.54) is 0 Å². The third-order valence-corrected chi connectivity index (χ3v) is 5.33. The van der Waals surface area contributed by atoms with E-state index in [1.54, 1.807) is 7.11 Å². The molecule has 0 unspecified atom stereocenters. The lowest BCUT2D eigenvalue weighted by molar-refractivity contribution is -0.143. The molecular formula is C21H26ClF6NO. The highest BCUT2D eigenvalue weighted by molar-refractivity contribution is 5.85. The Morgan fingerprint density at radius 2 is 1.47 bits per heavy atom. The summed E-state index contributed by atoms with van der Waals surface area (Å²) >= 11 is 0. The molecule has 2 rings (SSSR count). The third kappa shape index (κ3) is 7.36. The van der Waals surface area contributed by atoms with Crippen LogP contribution < -0.4 is 0 Å². The molecule has 0 spiro atoms. The predicted octanol–water partition coefficient (Wildman–Crippen LogP) is 5.88. The lowest BCUT2D eigenvalue weighted by Crippen LogP contribution is -2.40. The first-order chi connectivity index (χ1) is 13.3. The van der Waals surface area contributed by atoms with Crippen molar-refractivity contribution < 1.29 is 31.1 Å². The van der Waals surface area contributed by atoms with Gasteiger partial charge in [-0.25, -0.2) is 0 Å². The Morgan fingerprint density at radius 3 is 1.90 bits per heavy atom. The topological polar surface area (TPSA) is 12.5 Å². The summed E-state index contributed by atoms with van der Waals surface area (Å²) < 4.78 is 82.7. The van der Waals surface area contributed by atoms with Crippen LogP contribution >= 0.6 is 12.4 Å². The maximum absolute atomic E-state index is 12.9. The van der Waals surface area contributed by atoms with Crippen LogP contribution in [0.1, 0.15) is 43.4 Å². The molecule has 0 atom stereocenters. The van der Waals surface area contributed by atoms with Crippen molar-refractivity contribution in [2.45, 2.75) is 39.0 Å². The molecule has 1 aromatic rings. The molecule has 0 aliphatic carbocycles. The molecule has 0 bridgehead atoms. The number of alkyl halides is 6. The van der Waals surface area contributed by atoms with Crippen LogP contribution in [0.5, 0.6) is 0 Å². The summed E-state index contributed by atoms with van der Waals surface area (Å²) in [6.45, 7) is 6.83. The lowest BCUT2D eigenvalue weighted by atomic mass is 9.74. The van der Waals surface area contributed by atoms with Crippen molar-refractivity contribution in [1.82, 2.24) is 4.90 Å². The fourth-order valence-corrected chi connectivity index (χ4v) is 3.64. The van der Waals surface area contributed by atoms with Crippen molar-refractivity contribution in [2.75, 3.05) is 33.4 Å². The molecule has 30 heavy (non-hydrogen) atoms. The molecule has 0 N–H and O–H groups in total. The van der Waals surface area contributed by atoms with Crippen molar-refractivity contribution in [1.29, 1.82) is 0 Å². The Bertz CT molecular complexity index is 723. The van der Waals surface area contributed by atoms with Gasteiger partial charge in [-0.05, 0) is 55.5 Å². The van der Waals surface area contributed by atoms with Crippen molar-refractivity contribution >= 4 is 12.4 Å². The van der Waals surface area contributed by atoms with E-state index in [4.69, 9.17) is 4.74 Å². The first-order valence-electron chi connectivity index (χ1n) is 9.32. The zero-order valence-electron chi connectivity index (χ0n) is 17.1. The molecule has 1 saturated heterocycles. The first-order valence-corrected chi connectivity index (χ1v) is 9.32. The smallest absolute Gasteiger partial charge is 0.384 e. The second-order valence-electron chi connectivity index (χ2n) is 8.07. The van der Waals surface area contributed by atoms with Crippen molar-refractivity contribution in [2.24, 2.45) is 11.3 Å². The molecule has 1 fully saturated rings. The number of nitrogens with zero attached hydrogens (tertiary/aromatic N) is 1. The van der Waals surface area contributed by atoms with Crippen LogP contribution in [0.2, 0.25) is 0 Å². The fourth-order valence-electron chi connectivity index (χ4n) is 3.64. The van der Waals surface area contributed by atoms with E-state index in [2.05, 4.69) is 30.6 Å². The van der Waals surface area contributed by atoms with Crippen molar-refractivity contribution in [3.05, 3.63) is 34.9 Å². The summed E-state index contributed by atoms with van der Waals surface area (Å²) in [5.41, 5.74) is -2.93. The van der Waals surface area contributed by atoms with Crippen LogP contribution in [0, 0.1) is 23.2 Å². The maximum Gasteiger partial charge on any atom is 0.416 e. The average molecular weight is 458 g/mol. The van der Waals surface area contributed by atoms with E-state index in [1.807, 2.05) is 0 Å². The summed E-state index contributed by atoms with van der Waals surface area (Å²) in [4.78, 5) is 2.06. The number of rotatable bonds is 4. The van der Waals surface area contributed by atoms with Gasteiger partial charge < -0.3 is 4.74 Å². The monoisotopic (exact) mass is 457 g/mol. The normalized spacial score (nSPS) is 16.6. The van der Waals surface area contributed by atoms with Gasteiger partial charge in [0.15, 0.2) is 0 Å². The summed E-state index contributed by atoms with van der Waals surface area (Å²) in [5.74, 6) is 5.68. The minimum absolute atomic E-state index is 0. The molecule has 1 aromatic carbocycles. The standard InChI is InChI=1S/C21H25F6NO.ClH/c1-19(2,14-29-3)16-6-9-28(10-7-16)8-4-5-15-11-17(20(22,23)24)13-18(12-15)21(25,26)27;/h11-13,16H,6-10,14H2,1-3H3;1H. The Labute approximate surface area is 179 Å². The van der Waals surface area contributed by atoms with Crippen LogP contribution in [0.3, 0.4) is 0 Å². The highest BCUT2D eigenvalue weighted by atomic mass is 35.5. The first kappa shape index (κ1) is 26.6. The van der Waals surface area contributed by atoms with Crippen LogP contribution in [0.25, 0.3) is 0 Å². The zero-order chi connectivity index (χ0) is 21.9. The summed E-state index contributed by atoms with van der Waals surface area (Å²) in [6.07, 6.45) is -7.84. The highest BCUT2D eigenvalue weighted by Gasteiger charge is 2.37. The summed E-state index contributed by atoms with van der Waals surface area (Å²) in [7, 11) is 1.67. The molecule has 1 aliphatic heterocycles. The Morgan fingerprint density at radius 1 is 0.967 bits per heavy atom. The van der Waals surface area contributed by atoms with Gasteiger partial charge in [-0.2, -0.15) is 26.3 Å². The van der Waals surface area contributed by atoms with Gasteiger partial charge in [-0.3, -0.25) is 4.90 Å². The van der Waals surface area contributed by atoms with Gasteiger partial charge >= 0.3 is 12.4 Å². The minimum Gasteiger partial charge on any atom is -0.384 e. The van der Waals surface area contributed by atoms with Crippen LogP contribution in [0.15, 0.2) is 18.2 Å². The third-order valence-electron chi connectivity index (χ3n) is 5.33. The number of halogens is 7. The Hall–Kier alpha value is -1.43. The number of benzene rings is 1. The van der Waals surface area contributed by atoms with Crippen molar-refractivity contribution in [3.8, 4) is 11.8 Å². The van der Waals surface area contributed by atoms with Crippen molar-refractivity contribution in [3.63, 3.8) is 0 Å². The molecule has 0 saturated carbocycles. The van der Waals surface area contributed by atoms with Gasteiger partial charge in [0, 0.05) is 12.7 Å². The molecule has 1 heterocycles. The van der Waals surface area contributed by atoms with Gasteiger partial charge in [-0.1, -0.05) is 25.7 Å². The van der Waals surface area contributed by atoms with Gasteiger partial charge in [-0.15, -0.1) is 12.4 Å². The van der Waals surface area contributed by atoms with E-state index >= 15 is 0 Å². The Kier molecular flexibility index (Phi) is 9.09. The molecule has 1 aliphatic rings. The molecular weight excluding hydrogens is 432 g/mol. The number of methoxy groups -OCH3 is 1. The molecule has 0 radical (unpaired) electrons. The Balaban J connectivity index is 0.00000450. The van der Waals surface area contributed by atoms with Gasteiger partial charge in [0.05, 0.1) is 24.3 Å². The largest absolute Gasteiger partial charge is 0.416 e. The zero-order valence-corrected chi connectivity index (χ0v) is 17.9. The predicted molar refractivity (Wildman–Crippen MR) is 105 cm³/mol. The van der Waals surface area contributed by atoms with Gasteiger partial charge in [0.1, 0.15) is 0 Å². The van der Waals surface area contributed by atoms with E-state index in [0.717, 1.165) is 25.9 Å². The number of hydrogen-bond acceptors (Lipinski definition) is 2. The average Bonchev–Trinajstić information content (AvgIpc) is 2.60. The second-order valence-corrected chi connectivity index (χ2v) is 8.07. The number of ether oxygens (including phenoxy) is 1. The quantitative estimate of drug-likeness (QED) is 0.413. The second kappa shape index (κ2) is 10.3. The molecule has 0 amide bonds. The summed E-state index contributed by atoms with van der Waals surface area (Å²) in [5, 5.41) is 0. The van der Waals surface area contributed by atoms with Gasteiger partial charge in [0.25, 0.3) is 0 Å². The number of likely N-dealkylation sites (tertiary alicyclic amines) is 1. The van der Waals surface area contributed by atoms with Crippen LogP contribution in [-0.4, -0.2) is 38.3 Å². The van der Waals surface area contributed by atoms with Gasteiger partial charge in [0.2, 0.25) is 0 Å². The van der Waals surface area contributed by atoms with Crippen LogP contribution in [0.4, 0.5) is 26.3 Å². The molecule has 2 nitrogen and oxygen atoms in total. The molecule has 9 heteroatoms. The SMILES string of the molecule is COCC(C)(C)C1CCN(CC#Cc2cc(C(F)(F)F)cc(C(F)(F)F)c2)CC1.Cl. The summed E-state index contributed by atoms with van der Waals surface area (Å²) in [6, 6.07) is 1.42. The van der Waals surface area contributed by atoms with Crippen LogP contribution in [-0.2, 0) is 17.1 Å². The molecule has 0 aromatic heterocycles. The van der Waals surface area contributed by atoms with E-state index in [9.17, 15) is 26.3 Å². The van der Waals surface area contributed by atoms with E-state index in [0.29, 0.717) is 31.2 Å². The number of hydrogen-bond donors (Lipinski definition) is 0. The van der Waals surface area contributed by atoms with E-state index in [-0.39, 0.29) is 29.5 Å². The van der Waals surface area contributed by atoms with E-state index < -0.39 is 23.5 Å². The lowest BCUT2D eigenvalue weighted by Gasteiger charge is -2.39. The molecule has 170 valence electrons. The fraction of sp³-hybridized carbons (Fsp3) is 0.619. The number of piperidine rings is 1.